The van der Waals surface area contributed by atoms with Gasteiger partial charge in [0.25, 0.3) is 5.56 Å². The maximum Gasteiger partial charge on any atom is 0.320 e. The van der Waals surface area contributed by atoms with Gasteiger partial charge in [0.15, 0.2) is 0 Å². The standard InChI is InChI=1S/C14H17N3O3/c1-2-5-11(14(19)20)15-8-12-13(18)17-10-7-4-3-6-9(10)16-12/h3-4,6-7,11,15H,2,5,8H2,1H3,(H,17,18)(H,19,20). The van der Waals surface area contributed by atoms with Gasteiger partial charge in [0.2, 0.25) is 0 Å². The van der Waals surface area contributed by atoms with Gasteiger partial charge in [-0.25, -0.2) is 4.98 Å². The second-order valence-corrected chi connectivity index (χ2v) is 4.59. The molecule has 0 aliphatic carbocycles. The van der Waals surface area contributed by atoms with Gasteiger partial charge in [-0.2, -0.15) is 0 Å². The predicted molar refractivity (Wildman–Crippen MR) is 75.5 cm³/mol. The van der Waals surface area contributed by atoms with Crippen molar-refractivity contribution in [3.63, 3.8) is 0 Å². The van der Waals surface area contributed by atoms with Crippen LogP contribution < -0.4 is 10.9 Å². The number of benzene rings is 1. The highest BCUT2D eigenvalue weighted by atomic mass is 16.4. The lowest BCUT2D eigenvalue weighted by Gasteiger charge is -2.12. The number of fused-ring (bicyclic) bond motifs is 1. The number of aromatic amines is 1. The summed E-state index contributed by atoms with van der Waals surface area (Å²) < 4.78 is 0. The zero-order valence-electron chi connectivity index (χ0n) is 11.2. The van der Waals surface area contributed by atoms with Crippen molar-refractivity contribution in [3.8, 4) is 0 Å². The van der Waals surface area contributed by atoms with Crippen LogP contribution in [0.4, 0.5) is 0 Å². The van der Waals surface area contributed by atoms with Crippen molar-refractivity contribution in [2.75, 3.05) is 0 Å². The molecule has 20 heavy (non-hydrogen) atoms. The number of carbonyl (C=O) groups is 1. The van der Waals surface area contributed by atoms with Crippen molar-refractivity contribution in [1.29, 1.82) is 0 Å². The molecule has 0 aliphatic heterocycles. The van der Waals surface area contributed by atoms with Crippen molar-refractivity contribution in [2.24, 2.45) is 0 Å². The zero-order chi connectivity index (χ0) is 14.5. The number of rotatable bonds is 6. The lowest BCUT2D eigenvalue weighted by Crippen LogP contribution is -2.37. The molecule has 1 heterocycles. The fourth-order valence-electron chi connectivity index (χ4n) is 2.01. The molecule has 0 bridgehead atoms. The van der Waals surface area contributed by atoms with E-state index in [1.165, 1.54) is 0 Å². The van der Waals surface area contributed by atoms with E-state index in [0.29, 0.717) is 23.1 Å². The van der Waals surface area contributed by atoms with E-state index in [-0.39, 0.29) is 12.1 Å². The van der Waals surface area contributed by atoms with Gasteiger partial charge in [-0.3, -0.25) is 14.9 Å². The smallest absolute Gasteiger partial charge is 0.320 e. The third-order valence-electron chi connectivity index (χ3n) is 3.06. The van der Waals surface area contributed by atoms with Crippen LogP contribution in [0.5, 0.6) is 0 Å². The van der Waals surface area contributed by atoms with Gasteiger partial charge in [0.05, 0.1) is 11.0 Å². The number of nitrogens with one attached hydrogen (secondary N) is 2. The summed E-state index contributed by atoms with van der Waals surface area (Å²) in [7, 11) is 0. The van der Waals surface area contributed by atoms with E-state index < -0.39 is 12.0 Å². The first-order chi connectivity index (χ1) is 9.61. The minimum atomic E-state index is -0.913. The molecule has 0 fully saturated rings. The lowest BCUT2D eigenvalue weighted by atomic mass is 10.1. The summed E-state index contributed by atoms with van der Waals surface area (Å²) in [6.45, 7) is 2.05. The second-order valence-electron chi connectivity index (χ2n) is 4.59. The Morgan fingerprint density at radius 2 is 2.20 bits per heavy atom. The molecule has 2 aromatic rings. The Balaban J connectivity index is 2.19. The SMILES string of the molecule is CCCC(NCc1nc2ccccc2[nH]c1=O)C(=O)O. The Hall–Kier alpha value is -2.21. The molecule has 1 atom stereocenters. The highest BCUT2D eigenvalue weighted by molar-refractivity contribution is 5.74. The molecule has 0 saturated heterocycles. The number of aliphatic carboxylic acids is 1. The quantitative estimate of drug-likeness (QED) is 0.738. The van der Waals surface area contributed by atoms with Gasteiger partial charge in [-0.05, 0) is 18.6 Å². The molecule has 0 amide bonds. The van der Waals surface area contributed by atoms with E-state index in [2.05, 4.69) is 15.3 Å². The molecular weight excluding hydrogens is 258 g/mol. The summed E-state index contributed by atoms with van der Waals surface area (Å²) in [6, 6.07) is 6.57. The van der Waals surface area contributed by atoms with E-state index in [9.17, 15) is 9.59 Å². The molecule has 0 aliphatic rings. The van der Waals surface area contributed by atoms with Crippen LogP contribution in [0, 0.1) is 0 Å². The Morgan fingerprint density at radius 1 is 1.45 bits per heavy atom. The highest BCUT2D eigenvalue weighted by Gasteiger charge is 2.16. The summed E-state index contributed by atoms with van der Waals surface area (Å²) in [5, 5.41) is 11.9. The largest absolute Gasteiger partial charge is 0.480 e. The van der Waals surface area contributed by atoms with Crippen molar-refractivity contribution in [1.82, 2.24) is 15.3 Å². The summed E-state index contributed by atoms with van der Waals surface area (Å²) in [6.07, 6.45) is 1.27. The summed E-state index contributed by atoms with van der Waals surface area (Å²) in [4.78, 5) is 29.9. The maximum atomic E-state index is 11.9. The van der Waals surface area contributed by atoms with E-state index in [1.807, 2.05) is 19.1 Å². The van der Waals surface area contributed by atoms with Crippen LogP contribution in [0.15, 0.2) is 29.1 Å². The fraction of sp³-hybridized carbons (Fsp3) is 0.357. The van der Waals surface area contributed by atoms with Gasteiger partial charge < -0.3 is 10.1 Å². The van der Waals surface area contributed by atoms with Gasteiger partial charge in [-0.15, -0.1) is 0 Å². The normalized spacial score (nSPS) is 12.4. The molecule has 1 aromatic heterocycles. The van der Waals surface area contributed by atoms with Gasteiger partial charge in [0, 0.05) is 6.54 Å². The van der Waals surface area contributed by atoms with Crippen LogP contribution in [0.25, 0.3) is 11.0 Å². The second kappa shape index (κ2) is 6.29. The number of hydrogen-bond acceptors (Lipinski definition) is 4. The van der Waals surface area contributed by atoms with Crippen LogP contribution >= 0.6 is 0 Å². The van der Waals surface area contributed by atoms with E-state index >= 15 is 0 Å². The molecule has 2 rings (SSSR count). The minimum absolute atomic E-state index is 0.136. The molecule has 0 saturated carbocycles. The Labute approximate surface area is 115 Å². The van der Waals surface area contributed by atoms with E-state index in [1.54, 1.807) is 12.1 Å². The first-order valence-corrected chi connectivity index (χ1v) is 6.56. The van der Waals surface area contributed by atoms with Gasteiger partial charge >= 0.3 is 5.97 Å². The molecule has 3 N–H and O–H groups in total. The van der Waals surface area contributed by atoms with Crippen LogP contribution in [0.1, 0.15) is 25.5 Å². The highest BCUT2D eigenvalue weighted by Crippen LogP contribution is 2.06. The number of nitrogens with zero attached hydrogens (tertiary/aromatic N) is 1. The molecule has 6 nitrogen and oxygen atoms in total. The van der Waals surface area contributed by atoms with E-state index in [0.717, 1.165) is 6.42 Å². The van der Waals surface area contributed by atoms with Crippen LogP contribution in [-0.4, -0.2) is 27.1 Å². The molecule has 1 aromatic carbocycles. The van der Waals surface area contributed by atoms with Crippen molar-refractivity contribution >= 4 is 17.0 Å². The maximum absolute atomic E-state index is 11.9. The molecular formula is C14H17N3O3. The number of para-hydroxylation sites is 2. The molecule has 6 heteroatoms. The topological polar surface area (TPSA) is 95.1 Å². The van der Waals surface area contributed by atoms with Crippen molar-refractivity contribution in [2.45, 2.75) is 32.4 Å². The fourth-order valence-corrected chi connectivity index (χ4v) is 2.01. The summed E-state index contributed by atoms with van der Waals surface area (Å²) in [5.41, 5.74) is 1.36. The number of aromatic nitrogens is 2. The molecule has 1 unspecified atom stereocenters. The Morgan fingerprint density at radius 3 is 2.90 bits per heavy atom. The van der Waals surface area contributed by atoms with E-state index in [4.69, 9.17) is 5.11 Å². The minimum Gasteiger partial charge on any atom is -0.480 e. The van der Waals surface area contributed by atoms with Crippen molar-refractivity contribution in [3.05, 3.63) is 40.3 Å². The van der Waals surface area contributed by atoms with Gasteiger partial charge in [0.1, 0.15) is 11.7 Å². The monoisotopic (exact) mass is 275 g/mol. The number of hydrogen-bond donors (Lipinski definition) is 3. The Bertz CT molecular complexity index is 666. The third-order valence-corrected chi connectivity index (χ3v) is 3.06. The first kappa shape index (κ1) is 14.2. The zero-order valence-corrected chi connectivity index (χ0v) is 11.2. The number of carboxylic acids is 1. The number of H-pyrrole nitrogens is 1. The number of carboxylic acid groups (broad SMARTS) is 1. The van der Waals surface area contributed by atoms with Crippen LogP contribution in [0.3, 0.4) is 0 Å². The van der Waals surface area contributed by atoms with Crippen molar-refractivity contribution < 1.29 is 9.90 Å². The first-order valence-electron chi connectivity index (χ1n) is 6.56. The Kier molecular flexibility index (Phi) is 4.47. The molecule has 106 valence electrons. The summed E-state index contributed by atoms with van der Waals surface area (Å²) >= 11 is 0. The van der Waals surface area contributed by atoms with Gasteiger partial charge in [-0.1, -0.05) is 25.5 Å². The average Bonchev–Trinajstić information content (AvgIpc) is 2.43. The molecule has 0 spiro atoms. The summed E-state index contributed by atoms with van der Waals surface area (Å²) in [5.74, 6) is -0.913. The molecule has 0 radical (unpaired) electrons. The predicted octanol–water partition coefficient (Wildman–Crippen LogP) is 1.27. The lowest BCUT2D eigenvalue weighted by molar-refractivity contribution is -0.139. The van der Waals surface area contributed by atoms with Crippen LogP contribution in [-0.2, 0) is 11.3 Å². The van der Waals surface area contributed by atoms with Crippen LogP contribution in [0.2, 0.25) is 0 Å². The average molecular weight is 275 g/mol. The third kappa shape index (κ3) is 3.21.